The number of hydrogen-bond acceptors (Lipinski definition) is 4. The number of hydrogen-bond donors (Lipinski definition) is 1. The van der Waals surface area contributed by atoms with Crippen molar-refractivity contribution in [2.75, 3.05) is 5.32 Å². The number of nitrogens with one attached hydrogen (secondary N) is 1. The van der Waals surface area contributed by atoms with Gasteiger partial charge in [-0.25, -0.2) is 15.0 Å². The molecule has 0 aliphatic carbocycles. The average Bonchev–Trinajstić information content (AvgIpc) is 2.33. The summed E-state index contributed by atoms with van der Waals surface area (Å²) in [6.45, 7) is 0. The van der Waals surface area contributed by atoms with E-state index in [0.29, 0.717) is 11.3 Å². The van der Waals surface area contributed by atoms with Gasteiger partial charge in [-0.3, -0.25) is 4.79 Å². The molecule has 2 aromatic rings. The second-order valence-corrected chi connectivity index (χ2v) is 2.95. The van der Waals surface area contributed by atoms with Gasteiger partial charge in [-0.1, -0.05) is 0 Å². The molecule has 1 amide bonds. The summed E-state index contributed by atoms with van der Waals surface area (Å²) in [7, 11) is 0. The standard InChI is InChI=1S/C10H7FN4O/c11-9-2-1-8(5-14-9)15-10(16)7-3-12-6-13-4-7/h1-6H,(H,15,16). The Balaban J connectivity index is 2.11. The minimum atomic E-state index is -0.596. The number of amides is 1. The first-order valence-electron chi connectivity index (χ1n) is 4.43. The fourth-order valence-electron chi connectivity index (χ4n) is 1.07. The molecule has 0 aliphatic heterocycles. The molecule has 0 aliphatic rings. The van der Waals surface area contributed by atoms with Crippen molar-refractivity contribution in [2.45, 2.75) is 0 Å². The molecular formula is C10H7FN4O. The van der Waals surface area contributed by atoms with E-state index in [4.69, 9.17) is 0 Å². The van der Waals surface area contributed by atoms with Crippen LogP contribution < -0.4 is 5.32 Å². The normalized spacial score (nSPS) is 9.81. The number of rotatable bonds is 2. The molecule has 16 heavy (non-hydrogen) atoms. The summed E-state index contributed by atoms with van der Waals surface area (Å²) >= 11 is 0. The summed E-state index contributed by atoms with van der Waals surface area (Å²) in [5.41, 5.74) is 0.738. The van der Waals surface area contributed by atoms with Crippen LogP contribution in [0.4, 0.5) is 10.1 Å². The maximum absolute atomic E-state index is 12.5. The Hall–Kier alpha value is -2.37. The molecule has 80 valence electrons. The first-order chi connectivity index (χ1) is 7.75. The van der Waals surface area contributed by atoms with Crippen molar-refractivity contribution in [3.63, 3.8) is 0 Å². The third-order valence-electron chi connectivity index (χ3n) is 1.81. The molecule has 2 rings (SSSR count). The van der Waals surface area contributed by atoms with Crippen molar-refractivity contribution < 1.29 is 9.18 Å². The second kappa shape index (κ2) is 4.43. The summed E-state index contributed by atoms with van der Waals surface area (Å²) < 4.78 is 12.5. The highest BCUT2D eigenvalue weighted by Crippen LogP contribution is 2.07. The quantitative estimate of drug-likeness (QED) is 0.770. The zero-order valence-corrected chi connectivity index (χ0v) is 8.09. The van der Waals surface area contributed by atoms with Crippen LogP contribution in [0.15, 0.2) is 37.1 Å². The van der Waals surface area contributed by atoms with Gasteiger partial charge in [-0.15, -0.1) is 0 Å². The molecule has 0 spiro atoms. The van der Waals surface area contributed by atoms with E-state index >= 15 is 0 Å². The molecule has 2 aromatic heterocycles. The smallest absolute Gasteiger partial charge is 0.258 e. The topological polar surface area (TPSA) is 67.8 Å². The predicted octanol–water partition coefficient (Wildman–Crippen LogP) is 1.26. The lowest BCUT2D eigenvalue weighted by Gasteiger charge is -2.03. The van der Waals surface area contributed by atoms with Gasteiger partial charge in [0.15, 0.2) is 0 Å². The summed E-state index contributed by atoms with van der Waals surface area (Å²) in [5, 5.41) is 2.54. The summed E-state index contributed by atoms with van der Waals surface area (Å²) in [6, 6.07) is 2.58. The van der Waals surface area contributed by atoms with Gasteiger partial charge in [0.05, 0.1) is 17.4 Å². The molecular weight excluding hydrogens is 211 g/mol. The van der Waals surface area contributed by atoms with E-state index in [1.165, 1.54) is 31.0 Å². The first kappa shape index (κ1) is 10.2. The SMILES string of the molecule is O=C(Nc1ccc(F)nc1)c1cncnc1. The van der Waals surface area contributed by atoms with E-state index in [9.17, 15) is 9.18 Å². The number of carbonyl (C=O) groups excluding carboxylic acids is 1. The highest BCUT2D eigenvalue weighted by molar-refractivity contribution is 6.03. The van der Waals surface area contributed by atoms with E-state index in [0.717, 1.165) is 6.07 Å². The monoisotopic (exact) mass is 218 g/mol. The Morgan fingerprint density at radius 2 is 1.94 bits per heavy atom. The molecule has 0 radical (unpaired) electrons. The van der Waals surface area contributed by atoms with Crippen LogP contribution in [0, 0.1) is 5.95 Å². The predicted molar refractivity (Wildman–Crippen MR) is 54.2 cm³/mol. The second-order valence-electron chi connectivity index (χ2n) is 2.95. The molecule has 0 atom stereocenters. The Kier molecular flexibility index (Phi) is 2.81. The largest absolute Gasteiger partial charge is 0.320 e. The lowest BCUT2D eigenvalue weighted by atomic mass is 10.3. The minimum Gasteiger partial charge on any atom is -0.320 e. The summed E-state index contributed by atoms with van der Waals surface area (Å²) in [4.78, 5) is 22.4. The van der Waals surface area contributed by atoms with Crippen LogP contribution in [-0.2, 0) is 0 Å². The van der Waals surface area contributed by atoms with Crippen LogP contribution >= 0.6 is 0 Å². The fourth-order valence-corrected chi connectivity index (χ4v) is 1.07. The van der Waals surface area contributed by atoms with Gasteiger partial charge in [0.2, 0.25) is 5.95 Å². The first-order valence-corrected chi connectivity index (χ1v) is 4.43. The number of pyridine rings is 1. The van der Waals surface area contributed by atoms with Crippen molar-refractivity contribution in [2.24, 2.45) is 0 Å². The molecule has 2 heterocycles. The van der Waals surface area contributed by atoms with E-state index in [1.54, 1.807) is 0 Å². The lowest BCUT2D eigenvalue weighted by molar-refractivity contribution is 0.102. The summed E-state index contributed by atoms with van der Waals surface area (Å²) in [6.07, 6.45) is 5.34. The highest BCUT2D eigenvalue weighted by Gasteiger charge is 2.06. The highest BCUT2D eigenvalue weighted by atomic mass is 19.1. The van der Waals surface area contributed by atoms with Gasteiger partial charge < -0.3 is 5.32 Å². The third kappa shape index (κ3) is 2.35. The third-order valence-corrected chi connectivity index (χ3v) is 1.81. The van der Waals surface area contributed by atoms with Crippen LogP contribution in [0.2, 0.25) is 0 Å². The van der Waals surface area contributed by atoms with Gasteiger partial charge in [0.1, 0.15) is 6.33 Å². The van der Waals surface area contributed by atoms with Gasteiger partial charge in [-0.2, -0.15) is 4.39 Å². The van der Waals surface area contributed by atoms with Crippen LogP contribution in [-0.4, -0.2) is 20.9 Å². The summed E-state index contributed by atoms with van der Waals surface area (Å²) in [5.74, 6) is -0.963. The Morgan fingerprint density at radius 3 is 2.56 bits per heavy atom. The molecule has 0 unspecified atom stereocenters. The lowest BCUT2D eigenvalue weighted by Crippen LogP contribution is -2.12. The van der Waals surface area contributed by atoms with Gasteiger partial charge in [0.25, 0.3) is 5.91 Å². The van der Waals surface area contributed by atoms with Crippen molar-refractivity contribution in [3.8, 4) is 0 Å². The van der Waals surface area contributed by atoms with E-state index in [-0.39, 0.29) is 5.91 Å². The molecule has 0 saturated heterocycles. The van der Waals surface area contributed by atoms with Crippen LogP contribution in [0.3, 0.4) is 0 Å². The zero-order valence-electron chi connectivity index (χ0n) is 8.09. The molecule has 0 bridgehead atoms. The van der Waals surface area contributed by atoms with Gasteiger partial charge in [-0.05, 0) is 12.1 Å². The van der Waals surface area contributed by atoms with Crippen LogP contribution in [0.25, 0.3) is 0 Å². The zero-order chi connectivity index (χ0) is 11.4. The number of carbonyl (C=O) groups is 1. The maximum atomic E-state index is 12.5. The Labute approximate surface area is 90.4 Å². The molecule has 0 fully saturated rings. The van der Waals surface area contributed by atoms with Crippen LogP contribution in [0.5, 0.6) is 0 Å². The van der Waals surface area contributed by atoms with Crippen molar-refractivity contribution in [1.82, 2.24) is 15.0 Å². The van der Waals surface area contributed by atoms with E-state index in [1.807, 2.05) is 0 Å². The molecule has 6 heteroatoms. The van der Waals surface area contributed by atoms with Gasteiger partial charge >= 0.3 is 0 Å². The number of anilines is 1. The molecule has 1 N–H and O–H groups in total. The number of aromatic nitrogens is 3. The average molecular weight is 218 g/mol. The van der Waals surface area contributed by atoms with Gasteiger partial charge in [0, 0.05) is 12.4 Å². The fraction of sp³-hybridized carbons (Fsp3) is 0. The molecule has 5 nitrogen and oxygen atoms in total. The minimum absolute atomic E-state index is 0.326. The van der Waals surface area contributed by atoms with Crippen molar-refractivity contribution in [3.05, 3.63) is 48.6 Å². The van der Waals surface area contributed by atoms with Crippen LogP contribution in [0.1, 0.15) is 10.4 Å². The van der Waals surface area contributed by atoms with E-state index in [2.05, 4.69) is 20.3 Å². The molecule has 0 aromatic carbocycles. The number of halogens is 1. The van der Waals surface area contributed by atoms with Crippen molar-refractivity contribution in [1.29, 1.82) is 0 Å². The maximum Gasteiger partial charge on any atom is 0.258 e. The Morgan fingerprint density at radius 1 is 1.19 bits per heavy atom. The Bertz CT molecular complexity index is 486. The molecule has 0 saturated carbocycles. The van der Waals surface area contributed by atoms with E-state index < -0.39 is 5.95 Å². The number of nitrogens with zero attached hydrogens (tertiary/aromatic N) is 3. The van der Waals surface area contributed by atoms with Crippen molar-refractivity contribution >= 4 is 11.6 Å².